The number of rotatable bonds is 0. The SMILES string of the molecule is C[C@H]1CC[C@@]2(OC1)O[C@H]1C[C@H]3[C@@H]4CCC5C[C@H](O)CC[C@]5(C)[C@H]4CC[C@]3(C)[C@H]1[C@@H]2C. The van der Waals surface area contributed by atoms with E-state index in [0.717, 1.165) is 49.5 Å². The Balaban J connectivity index is 1.26. The van der Waals surface area contributed by atoms with E-state index in [1.807, 2.05) is 0 Å². The van der Waals surface area contributed by atoms with Gasteiger partial charge in [0.15, 0.2) is 5.79 Å². The Hall–Kier alpha value is -0.120. The van der Waals surface area contributed by atoms with E-state index in [1.54, 1.807) is 0 Å². The predicted molar refractivity (Wildman–Crippen MR) is 118 cm³/mol. The summed E-state index contributed by atoms with van der Waals surface area (Å²) in [4.78, 5) is 0. The number of hydrogen-bond donors (Lipinski definition) is 1. The van der Waals surface area contributed by atoms with Crippen molar-refractivity contribution in [3.63, 3.8) is 0 Å². The lowest BCUT2D eigenvalue weighted by Crippen LogP contribution is -2.55. The van der Waals surface area contributed by atoms with Crippen LogP contribution in [0.5, 0.6) is 0 Å². The molecule has 2 heterocycles. The largest absolute Gasteiger partial charge is 0.393 e. The summed E-state index contributed by atoms with van der Waals surface area (Å²) in [6.07, 6.45) is 12.9. The van der Waals surface area contributed by atoms with Crippen LogP contribution < -0.4 is 0 Å². The zero-order chi connectivity index (χ0) is 20.9. The second-order valence-electron chi connectivity index (χ2n) is 13.1. The Kier molecular flexibility index (Phi) is 4.58. The van der Waals surface area contributed by atoms with Gasteiger partial charge < -0.3 is 14.6 Å². The van der Waals surface area contributed by atoms with Gasteiger partial charge in [-0.2, -0.15) is 0 Å². The van der Waals surface area contributed by atoms with Gasteiger partial charge in [-0.15, -0.1) is 0 Å². The van der Waals surface area contributed by atoms with Crippen molar-refractivity contribution < 1.29 is 14.6 Å². The van der Waals surface area contributed by atoms with Crippen LogP contribution >= 0.6 is 0 Å². The molecule has 6 fully saturated rings. The van der Waals surface area contributed by atoms with Crippen molar-refractivity contribution in [2.24, 2.45) is 52.3 Å². The minimum atomic E-state index is -0.282. The fourth-order valence-electron chi connectivity index (χ4n) is 10.3. The zero-order valence-corrected chi connectivity index (χ0v) is 19.7. The molecular formula is C27H44O3. The number of fused-ring (bicyclic) bond motifs is 7. The van der Waals surface area contributed by atoms with E-state index < -0.39 is 0 Å². The van der Waals surface area contributed by atoms with E-state index in [2.05, 4.69) is 27.7 Å². The van der Waals surface area contributed by atoms with Crippen LogP contribution in [-0.2, 0) is 9.47 Å². The number of hydrogen-bond acceptors (Lipinski definition) is 3. The lowest BCUT2D eigenvalue weighted by molar-refractivity contribution is -0.273. The molecule has 1 unspecified atom stereocenters. The number of ether oxygens (including phenoxy) is 2. The first kappa shape index (κ1) is 20.5. The summed E-state index contributed by atoms with van der Waals surface area (Å²) in [5.41, 5.74) is 0.899. The van der Waals surface area contributed by atoms with E-state index in [-0.39, 0.29) is 11.9 Å². The Labute approximate surface area is 183 Å². The zero-order valence-electron chi connectivity index (χ0n) is 19.7. The van der Waals surface area contributed by atoms with Gasteiger partial charge in [-0.1, -0.05) is 27.7 Å². The third kappa shape index (κ3) is 2.61. The van der Waals surface area contributed by atoms with E-state index in [1.165, 1.54) is 44.9 Å². The summed E-state index contributed by atoms with van der Waals surface area (Å²) in [6, 6.07) is 0. The van der Waals surface area contributed by atoms with Crippen molar-refractivity contribution in [3.8, 4) is 0 Å². The van der Waals surface area contributed by atoms with E-state index >= 15 is 0 Å². The van der Waals surface area contributed by atoms with Crippen LogP contribution in [0.15, 0.2) is 0 Å². The molecule has 6 rings (SSSR count). The van der Waals surface area contributed by atoms with Crippen molar-refractivity contribution in [2.45, 2.75) is 110 Å². The van der Waals surface area contributed by atoms with E-state index in [0.29, 0.717) is 34.7 Å². The molecule has 1 spiro atoms. The summed E-state index contributed by atoms with van der Waals surface area (Å²) in [5.74, 6) is 4.93. The number of aliphatic hydroxyl groups excluding tert-OH is 1. The highest BCUT2D eigenvalue weighted by atomic mass is 16.7. The topological polar surface area (TPSA) is 38.7 Å². The van der Waals surface area contributed by atoms with Gasteiger partial charge in [0.25, 0.3) is 0 Å². The van der Waals surface area contributed by atoms with Crippen molar-refractivity contribution in [1.29, 1.82) is 0 Å². The second-order valence-corrected chi connectivity index (χ2v) is 13.1. The van der Waals surface area contributed by atoms with E-state index in [4.69, 9.17) is 9.47 Å². The molecule has 2 saturated heterocycles. The molecule has 0 aromatic heterocycles. The van der Waals surface area contributed by atoms with Gasteiger partial charge in [-0.3, -0.25) is 0 Å². The lowest BCUT2D eigenvalue weighted by atomic mass is 9.44. The Morgan fingerprint density at radius 1 is 0.833 bits per heavy atom. The first-order valence-corrected chi connectivity index (χ1v) is 13.3. The van der Waals surface area contributed by atoms with Crippen LogP contribution in [-0.4, -0.2) is 29.7 Å². The van der Waals surface area contributed by atoms with Crippen LogP contribution in [0.2, 0.25) is 0 Å². The van der Waals surface area contributed by atoms with E-state index in [9.17, 15) is 5.11 Å². The summed E-state index contributed by atoms with van der Waals surface area (Å²) in [5, 5.41) is 10.3. The third-order valence-electron chi connectivity index (χ3n) is 11.9. The molecule has 0 radical (unpaired) electrons. The molecule has 1 N–H and O–H groups in total. The molecule has 4 saturated carbocycles. The maximum absolute atomic E-state index is 10.3. The molecule has 30 heavy (non-hydrogen) atoms. The molecule has 6 aliphatic rings. The molecule has 4 aliphatic carbocycles. The predicted octanol–water partition coefficient (Wildman–Crippen LogP) is 5.79. The fourth-order valence-corrected chi connectivity index (χ4v) is 10.3. The highest BCUT2D eigenvalue weighted by molar-refractivity contribution is 5.15. The monoisotopic (exact) mass is 416 g/mol. The van der Waals surface area contributed by atoms with Gasteiger partial charge in [0.2, 0.25) is 0 Å². The number of aliphatic hydroxyl groups is 1. The summed E-state index contributed by atoms with van der Waals surface area (Å²) in [6.45, 7) is 10.9. The van der Waals surface area contributed by atoms with Gasteiger partial charge >= 0.3 is 0 Å². The van der Waals surface area contributed by atoms with Crippen LogP contribution in [0.4, 0.5) is 0 Å². The lowest BCUT2D eigenvalue weighted by Gasteiger charge is -2.61. The molecule has 12 atom stereocenters. The molecule has 0 aromatic carbocycles. The summed E-state index contributed by atoms with van der Waals surface area (Å²) >= 11 is 0. The first-order valence-electron chi connectivity index (χ1n) is 13.3. The van der Waals surface area contributed by atoms with Crippen molar-refractivity contribution in [2.75, 3.05) is 6.61 Å². The molecule has 0 amide bonds. The first-order chi connectivity index (χ1) is 14.3. The Bertz CT molecular complexity index is 684. The maximum atomic E-state index is 10.3. The van der Waals surface area contributed by atoms with Crippen LogP contribution in [0, 0.1) is 52.3 Å². The van der Waals surface area contributed by atoms with Gasteiger partial charge in [-0.25, -0.2) is 0 Å². The molecule has 3 nitrogen and oxygen atoms in total. The van der Waals surface area contributed by atoms with Crippen LogP contribution in [0.1, 0.15) is 91.9 Å². The van der Waals surface area contributed by atoms with Gasteiger partial charge in [-0.05, 0) is 104 Å². The second kappa shape index (κ2) is 6.70. The van der Waals surface area contributed by atoms with Gasteiger partial charge in [0.1, 0.15) is 0 Å². The smallest absolute Gasteiger partial charge is 0.171 e. The summed E-state index contributed by atoms with van der Waals surface area (Å²) < 4.78 is 13.4. The average molecular weight is 417 g/mol. The third-order valence-corrected chi connectivity index (χ3v) is 11.9. The average Bonchev–Trinajstić information content (AvgIpc) is 3.16. The van der Waals surface area contributed by atoms with Crippen molar-refractivity contribution in [3.05, 3.63) is 0 Å². The molecule has 170 valence electrons. The highest BCUT2D eigenvalue weighted by Gasteiger charge is 2.69. The van der Waals surface area contributed by atoms with Crippen LogP contribution in [0.25, 0.3) is 0 Å². The quantitative estimate of drug-likeness (QED) is 0.543. The minimum Gasteiger partial charge on any atom is -0.393 e. The Morgan fingerprint density at radius 2 is 1.63 bits per heavy atom. The maximum Gasteiger partial charge on any atom is 0.171 e. The fraction of sp³-hybridized carbons (Fsp3) is 1.00. The molecule has 2 aliphatic heterocycles. The molecular weight excluding hydrogens is 372 g/mol. The van der Waals surface area contributed by atoms with Crippen LogP contribution in [0.3, 0.4) is 0 Å². The normalized spacial score (nSPS) is 62.5. The van der Waals surface area contributed by atoms with Crippen molar-refractivity contribution in [1.82, 2.24) is 0 Å². The molecule has 3 heteroatoms. The molecule has 0 bridgehead atoms. The van der Waals surface area contributed by atoms with Crippen molar-refractivity contribution >= 4 is 0 Å². The van der Waals surface area contributed by atoms with Gasteiger partial charge in [0.05, 0.1) is 18.8 Å². The highest BCUT2D eigenvalue weighted by Crippen LogP contribution is 2.71. The summed E-state index contributed by atoms with van der Waals surface area (Å²) in [7, 11) is 0. The van der Waals surface area contributed by atoms with Gasteiger partial charge in [0, 0.05) is 12.3 Å². The standard InChI is InChI=1S/C27H44O3/c1-16-7-12-27(29-15-16)17(2)24-23(30-27)14-22-20-6-5-18-13-19(28)8-10-25(18,3)21(20)9-11-26(22,24)4/h16-24,28H,5-15H2,1-4H3/t16-,17-,18?,19+,20+,21-,22-,23-,24-,25-,26-,27+/m0/s1. The Morgan fingerprint density at radius 3 is 2.40 bits per heavy atom. The minimum absolute atomic E-state index is 0.0389. The molecule has 0 aromatic rings.